The zero-order chi connectivity index (χ0) is 24.7. The average Bonchev–Trinajstić information content (AvgIpc) is 3.28. The summed E-state index contributed by atoms with van der Waals surface area (Å²) in [4.78, 5) is 35.7. The summed E-state index contributed by atoms with van der Waals surface area (Å²) in [6, 6.07) is 11.8. The molecule has 1 fully saturated rings. The van der Waals surface area contributed by atoms with Crippen LogP contribution in [0.2, 0.25) is 0 Å². The highest BCUT2D eigenvalue weighted by Gasteiger charge is 2.66. The number of nitrogens with one attached hydrogen (secondary N) is 2. The van der Waals surface area contributed by atoms with Gasteiger partial charge in [0.05, 0.1) is 4.92 Å². The predicted molar refractivity (Wildman–Crippen MR) is 110 cm³/mol. The lowest BCUT2D eigenvalue weighted by Gasteiger charge is -2.44. The number of benzene rings is 2. The van der Waals surface area contributed by atoms with Crippen LogP contribution in [0.5, 0.6) is 0 Å². The maximum absolute atomic E-state index is 14.0. The number of carbonyl (C=O) groups is 2. The van der Waals surface area contributed by atoms with E-state index >= 15 is 0 Å². The monoisotopic (exact) mass is 475 g/mol. The van der Waals surface area contributed by atoms with Crippen LogP contribution < -0.4 is 10.6 Å². The molecule has 3 N–H and O–H groups in total. The number of urea groups is 1. The molecular weight excluding hydrogens is 459 g/mol. The summed E-state index contributed by atoms with van der Waals surface area (Å²) in [6.07, 6.45) is -5.41. The van der Waals surface area contributed by atoms with Gasteiger partial charge in [0.15, 0.2) is 5.78 Å². The van der Waals surface area contributed by atoms with Crippen molar-refractivity contribution in [1.82, 2.24) is 10.6 Å². The van der Waals surface area contributed by atoms with Crippen molar-refractivity contribution in [3.8, 4) is 11.3 Å². The Morgan fingerprint density at radius 1 is 1.09 bits per heavy atom. The number of nitrogens with zero attached hydrogens (tertiary/aromatic N) is 1. The van der Waals surface area contributed by atoms with E-state index in [9.17, 15) is 38.0 Å². The van der Waals surface area contributed by atoms with E-state index in [-0.39, 0.29) is 28.3 Å². The number of ketones is 1. The SMILES string of the molecule is O=C1N[C@H](c2ccc(-c3cccc([N+](=O)[O-])c3)o2)[C@H](C(=O)c2ccccc2)[C@](O)(C(F)(F)F)N1. The van der Waals surface area contributed by atoms with Gasteiger partial charge in [0.25, 0.3) is 5.69 Å². The summed E-state index contributed by atoms with van der Waals surface area (Å²) < 4.78 is 47.5. The molecule has 2 amide bonds. The van der Waals surface area contributed by atoms with Crippen molar-refractivity contribution in [3.63, 3.8) is 0 Å². The Hall–Kier alpha value is -4.19. The van der Waals surface area contributed by atoms with Gasteiger partial charge in [0, 0.05) is 23.3 Å². The number of non-ortho nitro benzene ring substituents is 1. The van der Waals surface area contributed by atoms with Crippen molar-refractivity contribution in [2.24, 2.45) is 5.92 Å². The normalized spacial score (nSPS) is 22.5. The van der Waals surface area contributed by atoms with Gasteiger partial charge in [0.1, 0.15) is 23.5 Å². The first-order valence-corrected chi connectivity index (χ1v) is 9.83. The predicted octanol–water partition coefficient (Wildman–Crippen LogP) is 3.96. The lowest BCUT2D eigenvalue weighted by atomic mass is 9.79. The zero-order valence-corrected chi connectivity index (χ0v) is 17.1. The topological polar surface area (TPSA) is 135 Å². The Kier molecular flexibility index (Phi) is 5.61. The van der Waals surface area contributed by atoms with Gasteiger partial charge in [-0.15, -0.1) is 0 Å². The largest absolute Gasteiger partial charge is 0.459 e. The second-order valence-corrected chi connectivity index (χ2v) is 7.56. The van der Waals surface area contributed by atoms with Gasteiger partial charge in [-0.1, -0.05) is 42.5 Å². The first-order chi connectivity index (χ1) is 16.0. The molecule has 0 bridgehead atoms. The molecule has 4 rings (SSSR count). The Morgan fingerprint density at radius 2 is 1.79 bits per heavy atom. The number of amides is 2. The number of aliphatic hydroxyl groups is 1. The minimum atomic E-state index is -5.41. The molecule has 3 aromatic rings. The minimum Gasteiger partial charge on any atom is -0.459 e. The van der Waals surface area contributed by atoms with Gasteiger partial charge in [-0.3, -0.25) is 14.9 Å². The third kappa shape index (κ3) is 3.99. The van der Waals surface area contributed by atoms with Crippen LogP contribution in [0.25, 0.3) is 11.3 Å². The molecule has 176 valence electrons. The third-order valence-electron chi connectivity index (χ3n) is 5.42. The van der Waals surface area contributed by atoms with Crippen molar-refractivity contribution in [1.29, 1.82) is 0 Å². The highest BCUT2D eigenvalue weighted by molar-refractivity contribution is 6.00. The molecule has 0 saturated carbocycles. The molecule has 1 aromatic heterocycles. The van der Waals surface area contributed by atoms with Crippen molar-refractivity contribution >= 4 is 17.5 Å². The molecule has 1 aliphatic rings. The zero-order valence-electron chi connectivity index (χ0n) is 17.1. The number of nitro benzene ring substituents is 1. The maximum atomic E-state index is 14.0. The number of Topliss-reactive ketones (excluding diaryl/α,β-unsaturated/α-hetero) is 1. The van der Waals surface area contributed by atoms with Crippen LogP contribution in [0, 0.1) is 16.0 Å². The van der Waals surface area contributed by atoms with Crippen molar-refractivity contribution < 1.29 is 37.2 Å². The van der Waals surface area contributed by atoms with Crippen molar-refractivity contribution in [3.05, 3.63) is 88.2 Å². The Balaban J connectivity index is 1.80. The minimum absolute atomic E-state index is 0.0490. The number of carbonyl (C=O) groups excluding carboxylic acids is 2. The molecule has 34 heavy (non-hydrogen) atoms. The summed E-state index contributed by atoms with van der Waals surface area (Å²) in [6.45, 7) is 0. The lowest BCUT2D eigenvalue weighted by Crippen LogP contribution is -2.72. The first-order valence-electron chi connectivity index (χ1n) is 9.83. The van der Waals surface area contributed by atoms with Crippen molar-refractivity contribution in [2.75, 3.05) is 0 Å². The fourth-order valence-corrected chi connectivity index (χ4v) is 3.81. The van der Waals surface area contributed by atoms with Gasteiger partial charge < -0.3 is 20.2 Å². The number of alkyl halides is 3. The number of hydrogen-bond donors (Lipinski definition) is 3. The van der Waals surface area contributed by atoms with E-state index in [1.165, 1.54) is 66.0 Å². The average molecular weight is 475 g/mol. The summed E-state index contributed by atoms with van der Waals surface area (Å²) >= 11 is 0. The van der Waals surface area contributed by atoms with Gasteiger partial charge in [-0.25, -0.2) is 4.79 Å². The molecule has 9 nitrogen and oxygen atoms in total. The summed E-state index contributed by atoms with van der Waals surface area (Å²) in [5.41, 5.74) is -4.01. The fraction of sp³-hybridized carbons (Fsp3) is 0.182. The molecule has 0 unspecified atom stereocenters. The molecule has 0 spiro atoms. The van der Waals surface area contributed by atoms with Crippen LogP contribution in [0.4, 0.5) is 23.7 Å². The fourth-order valence-electron chi connectivity index (χ4n) is 3.81. The van der Waals surface area contributed by atoms with Gasteiger partial charge >= 0.3 is 12.2 Å². The second-order valence-electron chi connectivity index (χ2n) is 7.56. The van der Waals surface area contributed by atoms with E-state index in [0.717, 1.165) is 0 Å². The second kappa shape index (κ2) is 8.30. The van der Waals surface area contributed by atoms with Gasteiger partial charge in [-0.05, 0) is 12.1 Å². The first kappa shape index (κ1) is 23.0. The number of furan rings is 1. The molecule has 1 aliphatic heterocycles. The van der Waals surface area contributed by atoms with E-state index in [2.05, 4.69) is 5.32 Å². The molecule has 3 atom stereocenters. The highest BCUT2D eigenvalue weighted by Crippen LogP contribution is 2.44. The lowest BCUT2D eigenvalue weighted by molar-refractivity contribution is -0.384. The van der Waals surface area contributed by atoms with E-state index in [1.54, 1.807) is 6.07 Å². The smallest absolute Gasteiger partial charge is 0.437 e. The van der Waals surface area contributed by atoms with E-state index in [0.29, 0.717) is 0 Å². The summed E-state index contributed by atoms with van der Waals surface area (Å²) in [5.74, 6) is -3.55. The van der Waals surface area contributed by atoms with E-state index in [4.69, 9.17) is 4.42 Å². The molecule has 1 saturated heterocycles. The summed E-state index contributed by atoms with van der Waals surface area (Å²) in [5, 5.41) is 25.3. The molecular formula is C22H16F3N3O6. The third-order valence-corrected chi connectivity index (χ3v) is 5.42. The van der Waals surface area contributed by atoms with Gasteiger partial charge in [0.2, 0.25) is 5.72 Å². The standard InChI is InChI=1S/C22H16F3N3O6/c23-22(24,25)21(31)17(19(29)12-5-2-1-3-6-12)18(26-20(30)27-21)16-10-9-15(34-16)13-7-4-8-14(11-13)28(32)33/h1-11,17-18,31H,(H2,26,27,30)/t17-,18-,21+/m1/s1. The molecule has 2 aromatic carbocycles. The molecule has 0 aliphatic carbocycles. The van der Waals surface area contributed by atoms with Crippen LogP contribution in [-0.4, -0.2) is 33.7 Å². The molecule has 12 heteroatoms. The Labute approximate surface area is 189 Å². The van der Waals surface area contributed by atoms with Gasteiger partial charge in [-0.2, -0.15) is 13.2 Å². The van der Waals surface area contributed by atoms with Crippen molar-refractivity contribution in [2.45, 2.75) is 17.9 Å². The summed E-state index contributed by atoms with van der Waals surface area (Å²) in [7, 11) is 0. The van der Waals surface area contributed by atoms with Crippen LogP contribution in [0.15, 0.2) is 71.1 Å². The van der Waals surface area contributed by atoms with Crippen LogP contribution in [0.1, 0.15) is 22.2 Å². The highest BCUT2D eigenvalue weighted by atomic mass is 19.4. The van der Waals surface area contributed by atoms with Crippen LogP contribution >= 0.6 is 0 Å². The van der Waals surface area contributed by atoms with Crippen LogP contribution in [-0.2, 0) is 0 Å². The van der Waals surface area contributed by atoms with Crippen LogP contribution in [0.3, 0.4) is 0 Å². The number of nitro groups is 1. The number of halogens is 3. The number of hydrogen-bond acceptors (Lipinski definition) is 6. The van der Waals surface area contributed by atoms with E-state index < -0.39 is 40.6 Å². The quantitative estimate of drug-likeness (QED) is 0.291. The maximum Gasteiger partial charge on any atom is 0.437 e. The number of rotatable bonds is 5. The Morgan fingerprint density at radius 3 is 2.44 bits per heavy atom. The molecule has 2 heterocycles. The Bertz CT molecular complexity index is 1260. The molecule has 0 radical (unpaired) electrons. The van der Waals surface area contributed by atoms with E-state index in [1.807, 2.05) is 0 Å².